The van der Waals surface area contributed by atoms with Crippen molar-refractivity contribution in [1.29, 1.82) is 0 Å². The first-order valence-corrected chi connectivity index (χ1v) is 10.7. The van der Waals surface area contributed by atoms with Gasteiger partial charge in [-0.3, -0.25) is 4.79 Å². The van der Waals surface area contributed by atoms with Crippen LogP contribution in [0.3, 0.4) is 0 Å². The zero-order valence-corrected chi connectivity index (χ0v) is 15.8. The van der Waals surface area contributed by atoms with E-state index in [4.69, 9.17) is 4.74 Å². The molecule has 1 unspecified atom stereocenters. The van der Waals surface area contributed by atoms with E-state index >= 15 is 0 Å². The standard InChI is InChI=1S/C19H24N2O4S/c1-21-17-9-8-15(26(23,24)20-12-14-7-4-10-25-14)11-16(17)18(19(21)22)13-5-2-3-6-13/h8-9,11,14,20H,2-7,10,12H2,1H3. The number of hydrogen-bond donors (Lipinski definition) is 1. The molecule has 2 aliphatic heterocycles. The van der Waals surface area contributed by atoms with Gasteiger partial charge in [0, 0.05) is 31.3 Å². The van der Waals surface area contributed by atoms with Crippen LogP contribution in [0, 0.1) is 0 Å². The molecule has 140 valence electrons. The molecule has 1 atom stereocenters. The summed E-state index contributed by atoms with van der Waals surface area (Å²) < 4.78 is 33.5. The second-order valence-electron chi connectivity index (χ2n) is 7.22. The van der Waals surface area contributed by atoms with Gasteiger partial charge in [0.05, 0.1) is 16.7 Å². The van der Waals surface area contributed by atoms with Crippen LogP contribution in [0.15, 0.2) is 28.7 Å². The van der Waals surface area contributed by atoms with E-state index in [0.29, 0.717) is 12.2 Å². The summed E-state index contributed by atoms with van der Waals surface area (Å²) in [7, 11) is -1.89. The van der Waals surface area contributed by atoms with Crippen molar-refractivity contribution >= 4 is 27.2 Å². The van der Waals surface area contributed by atoms with E-state index in [1.807, 2.05) is 0 Å². The van der Waals surface area contributed by atoms with Crippen molar-refractivity contribution in [1.82, 2.24) is 4.72 Å². The number of ether oxygens (including phenoxy) is 1. The molecule has 4 rings (SSSR count). The number of rotatable bonds is 4. The third-order valence-corrected chi connectivity index (χ3v) is 6.93. The van der Waals surface area contributed by atoms with Gasteiger partial charge in [0.2, 0.25) is 10.0 Å². The fraction of sp³-hybridized carbons (Fsp3) is 0.526. The SMILES string of the molecule is CN1C(=O)C(=C2CCCC2)c2cc(S(=O)(=O)NCC3CCCO3)ccc21. The van der Waals surface area contributed by atoms with Gasteiger partial charge < -0.3 is 9.64 Å². The Hall–Kier alpha value is -1.70. The van der Waals surface area contributed by atoms with Crippen LogP contribution >= 0.6 is 0 Å². The first kappa shape index (κ1) is 17.7. The van der Waals surface area contributed by atoms with E-state index in [0.717, 1.165) is 55.3 Å². The van der Waals surface area contributed by atoms with Gasteiger partial charge in [-0.25, -0.2) is 13.1 Å². The smallest absolute Gasteiger partial charge is 0.258 e. The summed E-state index contributed by atoms with van der Waals surface area (Å²) in [6, 6.07) is 4.95. The molecular formula is C19H24N2O4S. The summed E-state index contributed by atoms with van der Waals surface area (Å²) in [5, 5.41) is 0. The van der Waals surface area contributed by atoms with Crippen molar-refractivity contribution in [2.75, 3.05) is 25.1 Å². The highest BCUT2D eigenvalue weighted by molar-refractivity contribution is 7.89. The third kappa shape index (κ3) is 3.08. The maximum atomic E-state index is 12.7. The van der Waals surface area contributed by atoms with E-state index in [1.54, 1.807) is 30.1 Å². The van der Waals surface area contributed by atoms with Gasteiger partial charge in [-0.05, 0) is 56.7 Å². The Balaban J connectivity index is 1.66. The molecule has 6 nitrogen and oxygen atoms in total. The molecule has 0 bridgehead atoms. The Morgan fingerprint density at radius 3 is 2.69 bits per heavy atom. The van der Waals surface area contributed by atoms with Gasteiger partial charge in [-0.1, -0.05) is 5.57 Å². The number of carbonyl (C=O) groups is 1. The van der Waals surface area contributed by atoms with Crippen LogP contribution in [0.2, 0.25) is 0 Å². The maximum Gasteiger partial charge on any atom is 0.258 e. The van der Waals surface area contributed by atoms with E-state index < -0.39 is 10.0 Å². The summed E-state index contributed by atoms with van der Waals surface area (Å²) in [6.45, 7) is 0.975. The molecule has 2 fully saturated rings. The zero-order valence-electron chi connectivity index (χ0n) is 15.0. The number of fused-ring (bicyclic) bond motifs is 1. The first-order valence-electron chi connectivity index (χ1n) is 9.23. The second kappa shape index (κ2) is 6.79. The lowest BCUT2D eigenvalue weighted by atomic mass is 10.00. The summed E-state index contributed by atoms with van der Waals surface area (Å²) >= 11 is 0. The molecule has 1 N–H and O–H groups in total. The van der Waals surface area contributed by atoms with Crippen molar-refractivity contribution in [2.24, 2.45) is 0 Å². The Morgan fingerprint density at radius 1 is 1.23 bits per heavy atom. The number of amides is 1. The number of anilines is 1. The molecule has 1 aliphatic carbocycles. The monoisotopic (exact) mass is 376 g/mol. The van der Waals surface area contributed by atoms with Gasteiger partial charge in [0.1, 0.15) is 0 Å². The van der Waals surface area contributed by atoms with Crippen LogP contribution in [0.25, 0.3) is 5.57 Å². The Kier molecular flexibility index (Phi) is 4.62. The van der Waals surface area contributed by atoms with Gasteiger partial charge in [0.15, 0.2) is 0 Å². The number of carbonyl (C=O) groups excluding carboxylic acids is 1. The molecule has 1 amide bonds. The number of allylic oxidation sites excluding steroid dienone is 1. The fourth-order valence-electron chi connectivity index (χ4n) is 4.05. The number of nitrogens with zero attached hydrogens (tertiary/aromatic N) is 1. The van der Waals surface area contributed by atoms with Gasteiger partial charge in [-0.2, -0.15) is 0 Å². The third-order valence-electron chi connectivity index (χ3n) is 5.51. The second-order valence-corrected chi connectivity index (χ2v) is 8.98. The highest BCUT2D eigenvalue weighted by Gasteiger charge is 2.34. The normalized spacial score (nSPS) is 23.2. The molecular weight excluding hydrogens is 352 g/mol. The zero-order chi connectivity index (χ0) is 18.3. The summed E-state index contributed by atoms with van der Waals surface area (Å²) in [5.74, 6) is -0.0289. The summed E-state index contributed by atoms with van der Waals surface area (Å²) in [6.07, 6.45) is 5.81. The average molecular weight is 376 g/mol. The van der Waals surface area contributed by atoms with E-state index in [9.17, 15) is 13.2 Å². The quantitative estimate of drug-likeness (QED) is 0.819. The van der Waals surface area contributed by atoms with Crippen LogP contribution < -0.4 is 9.62 Å². The van der Waals surface area contributed by atoms with Crippen molar-refractivity contribution in [3.63, 3.8) is 0 Å². The Bertz CT molecular complexity index is 862. The fourth-order valence-corrected chi connectivity index (χ4v) is 5.14. The molecule has 3 aliphatic rings. The highest BCUT2D eigenvalue weighted by Crippen LogP contribution is 2.42. The van der Waals surface area contributed by atoms with Crippen LogP contribution in [-0.4, -0.2) is 40.6 Å². The summed E-state index contributed by atoms with van der Waals surface area (Å²) in [5.41, 5.74) is 3.38. The molecule has 1 aromatic rings. The summed E-state index contributed by atoms with van der Waals surface area (Å²) in [4.78, 5) is 14.5. The molecule has 1 saturated carbocycles. The van der Waals surface area contributed by atoms with E-state index in [2.05, 4.69) is 4.72 Å². The van der Waals surface area contributed by atoms with Crippen molar-refractivity contribution in [3.8, 4) is 0 Å². The Morgan fingerprint density at radius 2 is 2.00 bits per heavy atom. The topological polar surface area (TPSA) is 75.7 Å². The Labute approximate surface area is 154 Å². The van der Waals surface area contributed by atoms with Gasteiger partial charge >= 0.3 is 0 Å². The minimum atomic E-state index is -3.63. The maximum absolute atomic E-state index is 12.7. The molecule has 0 radical (unpaired) electrons. The minimum Gasteiger partial charge on any atom is -0.377 e. The molecule has 7 heteroatoms. The molecule has 26 heavy (non-hydrogen) atoms. The van der Waals surface area contributed by atoms with E-state index in [1.165, 1.54) is 0 Å². The lowest BCUT2D eigenvalue weighted by molar-refractivity contribution is -0.112. The molecule has 2 heterocycles. The molecule has 0 aromatic heterocycles. The molecule has 0 spiro atoms. The van der Waals surface area contributed by atoms with Crippen LogP contribution in [0.1, 0.15) is 44.1 Å². The average Bonchev–Trinajstić information content (AvgIpc) is 3.36. The van der Waals surface area contributed by atoms with E-state index in [-0.39, 0.29) is 23.5 Å². The number of hydrogen-bond acceptors (Lipinski definition) is 4. The lowest BCUT2D eigenvalue weighted by Gasteiger charge is -2.13. The number of benzene rings is 1. The van der Waals surface area contributed by atoms with Gasteiger partial charge in [-0.15, -0.1) is 0 Å². The van der Waals surface area contributed by atoms with Crippen LogP contribution in [-0.2, 0) is 19.6 Å². The van der Waals surface area contributed by atoms with Crippen molar-refractivity contribution in [3.05, 3.63) is 29.3 Å². The van der Waals surface area contributed by atoms with Crippen molar-refractivity contribution in [2.45, 2.75) is 49.5 Å². The first-order chi connectivity index (χ1) is 12.5. The van der Waals surface area contributed by atoms with Crippen LogP contribution in [0.4, 0.5) is 5.69 Å². The minimum absolute atomic E-state index is 0.0289. The number of nitrogens with one attached hydrogen (secondary N) is 1. The predicted molar refractivity (Wildman–Crippen MR) is 99.4 cm³/mol. The van der Waals surface area contributed by atoms with Gasteiger partial charge in [0.25, 0.3) is 5.91 Å². The van der Waals surface area contributed by atoms with Crippen molar-refractivity contribution < 1.29 is 17.9 Å². The van der Waals surface area contributed by atoms with Crippen LogP contribution in [0.5, 0.6) is 0 Å². The molecule has 1 aromatic carbocycles. The number of likely N-dealkylation sites (N-methyl/N-ethyl adjacent to an activating group) is 1. The lowest BCUT2D eigenvalue weighted by Crippen LogP contribution is -2.31. The highest BCUT2D eigenvalue weighted by atomic mass is 32.2. The predicted octanol–water partition coefficient (Wildman–Crippen LogP) is 2.45. The number of sulfonamides is 1. The molecule has 1 saturated heterocycles. The largest absolute Gasteiger partial charge is 0.377 e.